The van der Waals surface area contributed by atoms with Crippen molar-refractivity contribution in [1.29, 1.82) is 0 Å². The number of hydrogen-bond acceptors (Lipinski definition) is 4. The fourth-order valence-electron chi connectivity index (χ4n) is 4.68. The Morgan fingerprint density at radius 1 is 1.12 bits per heavy atom. The standard InChI is InChI=1S/C23H23F3N4O3/c1-12-8-15(2-5-18(12)24)29-21(32)13-6-7-28-19(11-13)23(25,26)22(33)30-16-3-4-17(30)10-14(9-16)20(27)31/h2,5-8,11,14,16-17H,3-4,9-10H2,1H3,(H2,27,31)(H,29,32)/t14?,16-,17?/m1/s1. The molecule has 1 aromatic carbocycles. The van der Waals surface area contributed by atoms with Gasteiger partial charge in [-0.05, 0) is 68.5 Å². The van der Waals surface area contributed by atoms with E-state index in [9.17, 15) is 18.8 Å². The number of amides is 3. The molecule has 174 valence electrons. The van der Waals surface area contributed by atoms with Gasteiger partial charge >= 0.3 is 5.92 Å². The zero-order valence-electron chi connectivity index (χ0n) is 17.9. The molecule has 2 unspecified atom stereocenters. The Hall–Kier alpha value is -3.43. The van der Waals surface area contributed by atoms with Gasteiger partial charge in [0.25, 0.3) is 11.8 Å². The second-order valence-electron chi connectivity index (χ2n) is 8.59. The molecule has 2 fully saturated rings. The fourth-order valence-corrected chi connectivity index (χ4v) is 4.68. The average Bonchev–Trinajstić information content (AvgIpc) is 3.04. The molecular weight excluding hydrogens is 437 g/mol. The highest BCUT2D eigenvalue weighted by Crippen LogP contribution is 2.42. The summed E-state index contributed by atoms with van der Waals surface area (Å²) in [7, 11) is 0. The number of anilines is 1. The highest BCUT2D eigenvalue weighted by atomic mass is 19.3. The summed E-state index contributed by atoms with van der Waals surface area (Å²) in [6.45, 7) is 1.53. The first-order chi connectivity index (χ1) is 15.6. The SMILES string of the molecule is Cc1cc(NC(=O)c2ccnc(C(F)(F)C(=O)N3C4CC[C@@H]3CC(C(N)=O)C4)c2)ccc1F. The molecule has 4 rings (SSSR count). The number of nitrogens with one attached hydrogen (secondary N) is 1. The summed E-state index contributed by atoms with van der Waals surface area (Å²) < 4.78 is 43.9. The average molecular weight is 460 g/mol. The molecule has 0 aliphatic carbocycles. The molecular formula is C23H23F3N4O3. The van der Waals surface area contributed by atoms with Gasteiger partial charge in [-0.3, -0.25) is 19.4 Å². The molecule has 0 saturated carbocycles. The van der Waals surface area contributed by atoms with E-state index < -0.39 is 53.2 Å². The largest absolute Gasteiger partial charge is 0.369 e. The van der Waals surface area contributed by atoms with E-state index >= 15 is 8.78 Å². The van der Waals surface area contributed by atoms with Crippen molar-refractivity contribution in [3.63, 3.8) is 0 Å². The van der Waals surface area contributed by atoms with E-state index in [-0.39, 0.29) is 18.4 Å². The molecule has 1 aromatic heterocycles. The summed E-state index contributed by atoms with van der Waals surface area (Å²) >= 11 is 0. The van der Waals surface area contributed by atoms with Crippen molar-refractivity contribution in [2.24, 2.45) is 11.7 Å². The lowest BCUT2D eigenvalue weighted by atomic mass is 9.89. The monoisotopic (exact) mass is 460 g/mol. The molecule has 10 heteroatoms. The van der Waals surface area contributed by atoms with Crippen molar-refractivity contribution in [3.05, 3.63) is 59.2 Å². The van der Waals surface area contributed by atoms with Crippen LogP contribution in [0.15, 0.2) is 36.5 Å². The van der Waals surface area contributed by atoms with Gasteiger partial charge in [0, 0.05) is 35.4 Å². The van der Waals surface area contributed by atoms with Gasteiger partial charge in [0.05, 0.1) is 0 Å². The molecule has 7 nitrogen and oxygen atoms in total. The minimum absolute atomic E-state index is 0.120. The Morgan fingerprint density at radius 2 is 1.79 bits per heavy atom. The smallest absolute Gasteiger partial charge is 0.366 e. The third-order valence-corrected chi connectivity index (χ3v) is 6.40. The van der Waals surface area contributed by atoms with Crippen molar-refractivity contribution in [2.45, 2.75) is 50.6 Å². The van der Waals surface area contributed by atoms with Crippen LogP contribution < -0.4 is 11.1 Å². The molecule has 2 aromatic rings. The van der Waals surface area contributed by atoms with Gasteiger partial charge in [-0.15, -0.1) is 0 Å². The minimum atomic E-state index is -3.96. The van der Waals surface area contributed by atoms with Crippen LogP contribution in [0, 0.1) is 18.7 Å². The molecule has 3 heterocycles. The molecule has 3 N–H and O–H groups in total. The fraction of sp³-hybridized carbons (Fsp3) is 0.391. The van der Waals surface area contributed by atoms with Gasteiger partial charge in [-0.25, -0.2) is 4.39 Å². The molecule has 2 aliphatic rings. The number of alkyl halides is 2. The minimum Gasteiger partial charge on any atom is -0.369 e. The van der Waals surface area contributed by atoms with Crippen molar-refractivity contribution in [1.82, 2.24) is 9.88 Å². The van der Waals surface area contributed by atoms with Crippen molar-refractivity contribution in [2.75, 3.05) is 5.32 Å². The predicted octanol–water partition coefficient (Wildman–Crippen LogP) is 3.13. The maximum atomic E-state index is 15.2. The van der Waals surface area contributed by atoms with E-state index in [0.29, 0.717) is 24.1 Å². The van der Waals surface area contributed by atoms with Crippen molar-refractivity contribution >= 4 is 23.4 Å². The van der Waals surface area contributed by atoms with E-state index in [1.54, 1.807) is 0 Å². The topological polar surface area (TPSA) is 105 Å². The number of pyridine rings is 1. The number of primary amides is 1. The quantitative estimate of drug-likeness (QED) is 0.715. The second-order valence-corrected chi connectivity index (χ2v) is 8.59. The maximum absolute atomic E-state index is 15.2. The number of carbonyl (C=O) groups excluding carboxylic acids is 3. The number of benzene rings is 1. The van der Waals surface area contributed by atoms with Crippen LogP contribution in [0.4, 0.5) is 18.9 Å². The zero-order valence-corrected chi connectivity index (χ0v) is 17.9. The van der Waals surface area contributed by atoms with Crippen LogP contribution >= 0.6 is 0 Å². The lowest BCUT2D eigenvalue weighted by Crippen LogP contribution is -2.53. The summed E-state index contributed by atoms with van der Waals surface area (Å²) in [4.78, 5) is 41.8. The zero-order chi connectivity index (χ0) is 23.9. The summed E-state index contributed by atoms with van der Waals surface area (Å²) in [6.07, 6.45) is 2.63. The van der Waals surface area contributed by atoms with Crippen LogP contribution in [0.3, 0.4) is 0 Å². The summed E-state index contributed by atoms with van der Waals surface area (Å²) in [5, 5.41) is 2.52. The first-order valence-electron chi connectivity index (χ1n) is 10.6. The number of hydrogen-bond donors (Lipinski definition) is 2. The third-order valence-electron chi connectivity index (χ3n) is 6.40. The van der Waals surface area contributed by atoms with Gasteiger partial charge in [-0.1, -0.05) is 0 Å². The number of rotatable bonds is 5. The lowest BCUT2D eigenvalue weighted by Gasteiger charge is -2.39. The van der Waals surface area contributed by atoms with Crippen LogP contribution in [0.2, 0.25) is 0 Å². The highest BCUT2D eigenvalue weighted by molar-refractivity contribution is 6.04. The molecule has 3 atom stereocenters. The van der Waals surface area contributed by atoms with Gasteiger partial charge in [0.1, 0.15) is 11.5 Å². The number of aromatic nitrogens is 1. The lowest BCUT2D eigenvalue weighted by molar-refractivity contribution is -0.165. The summed E-state index contributed by atoms with van der Waals surface area (Å²) in [5.74, 6) is -7.40. The van der Waals surface area contributed by atoms with E-state index in [4.69, 9.17) is 5.73 Å². The summed E-state index contributed by atoms with van der Waals surface area (Å²) in [6, 6.07) is 5.12. The Bertz CT molecular complexity index is 1110. The maximum Gasteiger partial charge on any atom is 0.366 e. The number of aryl methyl sites for hydroxylation is 1. The number of piperidine rings is 1. The Kier molecular flexibility index (Phi) is 5.85. The van der Waals surface area contributed by atoms with E-state index in [1.807, 2.05) is 0 Å². The number of carbonyl (C=O) groups is 3. The molecule has 3 amide bonds. The predicted molar refractivity (Wildman–Crippen MR) is 113 cm³/mol. The number of fused-ring (bicyclic) bond motifs is 2. The normalized spacial score (nSPS) is 22.2. The molecule has 0 spiro atoms. The number of nitrogens with zero attached hydrogens (tertiary/aromatic N) is 2. The number of nitrogens with two attached hydrogens (primary N) is 1. The molecule has 2 bridgehead atoms. The molecule has 2 saturated heterocycles. The Morgan fingerprint density at radius 3 is 2.39 bits per heavy atom. The van der Waals surface area contributed by atoms with Crippen molar-refractivity contribution < 1.29 is 27.6 Å². The van der Waals surface area contributed by atoms with Crippen LogP contribution in [-0.2, 0) is 15.5 Å². The third kappa shape index (κ3) is 4.29. The van der Waals surface area contributed by atoms with Crippen LogP contribution in [0.5, 0.6) is 0 Å². The molecule has 0 radical (unpaired) electrons. The van der Waals surface area contributed by atoms with Gasteiger partial charge < -0.3 is 16.0 Å². The molecule has 2 aliphatic heterocycles. The van der Waals surface area contributed by atoms with Gasteiger partial charge in [0.15, 0.2) is 0 Å². The van der Waals surface area contributed by atoms with E-state index in [0.717, 1.165) is 17.2 Å². The van der Waals surface area contributed by atoms with Crippen LogP contribution in [0.25, 0.3) is 0 Å². The first kappa shape index (κ1) is 22.8. The van der Waals surface area contributed by atoms with Gasteiger partial charge in [0.2, 0.25) is 5.91 Å². The van der Waals surface area contributed by atoms with E-state index in [2.05, 4.69) is 10.3 Å². The Balaban J connectivity index is 1.53. The second kappa shape index (κ2) is 8.49. The first-order valence-corrected chi connectivity index (χ1v) is 10.6. The summed E-state index contributed by atoms with van der Waals surface area (Å²) in [5.41, 5.74) is 5.03. The van der Waals surface area contributed by atoms with Gasteiger partial charge in [-0.2, -0.15) is 8.78 Å². The van der Waals surface area contributed by atoms with Crippen LogP contribution in [-0.4, -0.2) is 39.7 Å². The van der Waals surface area contributed by atoms with E-state index in [1.165, 1.54) is 31.2 Å². The van der Waals surface area contributed by atoms with Crippen molar-refractivity contribution in [3.8, 4) is 0 Å². The number of halogens is 3. The Labute approximate surface area is 188 Å². The highest BCUT2D eigenvalue weighted by Gasteiger charge is 2.53. The van der Waals surface area contributed by atoms with Crippen LogP contribution in [0.1, 0.15) is 47.3 Å². The molecule has 33 heavy (non-hydrogen) atoms.